The van der Waals surface area contributed by atoms with Crippen molar-refractivity contribution in [3.05, 3.63) is 0 Å². The number of carbonyl (C=O) groups excluding carboxylic acids is 2. The van der Waals surface area contributed by atoms with Crippen molar-refractivity contribution in [1.29, 1.82) is 0 Å². The van der Waals surface area contributed by atoms with Crippen LogP contribution in [0, 0.1) is 0 Å². The Kier molecular flexibility index (Phi) is 8.98. The summed E-state index contributed by atoms with van der Waals surface area (Å²) in [6.45, 7) is 4.74. The van der Waals surface area contributed by atoms with Gasteiger partial charge < -0.3 is 19.5 Å². The van der Waals surface area contributed by atoms with Crippen LogP contribution in [0.5, 0.6) is 0 Å². The molecule has 1 aliphatic heterocycles. The highest BCUT2D eigenvalue weighted by Crippen LogP contribution is 2.11. The third-order valence-corrected chi connectivity index (χ3v) is 2.98. The van der Waals surface area contributed by atoms with Crippen LogP contribution in [0.25, 0.3) is 0 Å². The van der Waals surface area contributed by atoms with E-state index < -0.39 is 0 Å². The number of esters is 1. The number of amides is 1. The van der Waals surface area contributed by atoms with E-state index in [1.807, 2.05) is 0 Å². The van der Waals surface area contributed by atoms with Gasteiger partial charge in [0.2, 0.25) is 5.91 Å². The minimum absolute atomic E-state index is 0.128. The van der Waals surface area contributed by atoms with Crippen molar-refractivity contribution in [2.24, 2.45) is 0 Å². The summed E-state index contributed by atoms with van der Waals surface area (Å²) in [5.74, 6) is -0.459. The lowest BCUT2D eigenvalue weighted by Gasteiger charge is -2.10. The standard InChI is InChI=1S/C14H25NO5/c1-2-19-14(17)7-6-13(16)15-8-4-9-18-11-12-5-3-10-20-12/h12H,2-11H2,1H3,(H,15,16). The molecule has 20 heavy (non-hydrogen) atoms. The summed E-state index contributed by atoms with van der Waals surface area (Å²) in [5.41, 5.74) is 0. The summed E-state index contributed by atoms with van der Waals surface area (Å²) in [4.78, 5) is 22.5. The lowest BCUT2D eigenvalue weighted by atomic mass is 10.2. The molecule has 0 bridgehead atoms. The van der Waals surface area contributed by atoms with Gasteiger partial charge in [-0.05, 0) is 26.2 Å². The maximum absolute atomic E-state index is 11.4. The molecule has 1 fully saturated rings. The Hall–Kier alpha value is -1.14. The molecule has 0 aromatic heterocycles. The van der Waals surface area contributed by atoms with Crippen molar-refractivity contribution in [2.75, 3.05) is 33.0 Å². The highest BCUT2D eigenvalue weighted by atomic mass is 16.5. The molecule has 6 heteroatoms. The maximum Gasteiger partial charge on any atom is 0.306 e. The molecule has 1 atom stereocenters. The molecule has 1 unspecified atom stereocenters. The molecule has 116 valence electrons. The summed E-state index contributed by atoms with van der Waals surface area (Å²) in [5, 5.41) is 2.75. The zero-order valence-corrected chi connectivity index (χ0v) is 12.2. The number of nitrogens with one attached hydrogen (secondary N) is 1. The van der Waals surface area contributed by atoms with E-state index in [1.54, 1.807) is 6.92 Å². The van der Waals surface area contributed by atoms with Gasteiger partial charge in [0.15, 0.2) is 0 Å². The molecule has 1 aliphatic rings. The van der Waals surface area contributed by atoms with Crippen molar-refractivity contribution in [3.63, 3.8) is 0 Å². The molecule has 0 aliphatic carbocycles. The quantitative estimate of drug-likeness (QED) is 0.480. The van der Waals surface area contributed by atoms with E-state index >= 15 is 0 Å². The molecule has 0 spiro atoms. The second-order valence-electron chi connectivity index (χ2n) is 4.72. The Labute approximate surface area is 120 Å². The number of hydrogen-bond acceptors (Lipinski definition) is 5. The molecule has 1 amide bonds. The van der Waals surface area contributed by atoms with Crippen LogP contribution in [-0.4, -0.2) is 51.0 Å². The number of ether oxygens (including phenoxy) is 3. The van der Waals surface area contributed by atoms with Crippen LogP contribution in [0.1, 0.15) is 39.0 Å². The zero-order chi connectivity index (χ0) is 14.6. The molecule has 1 heterocycles. The van der Waals surface area contributed by atoms with Crippen LogP contribution in [0.3, 0.4) is 0 Å². The molecular formula is C14H25NO5. The summed E-state index contributed by atoms with van der Waals surface area (Å²) in [6, 6.07) is 0. The Balaban J connectivity index is 1.87. The Morgan fingerprint density at radius 1 is 1.35 bits per heavy atom. The minimum Gasteiger partial charge on any atom is -0.466 e. The molecule has 6 nitrogen and oxygen atoms in total. The lowest BCUT2D eigenvalue weighted by Crippen LogP contribution is -2.26. The van der Waals surface area contributed by atoms with Crippen LogP contribution < -0.4 is 5.32 Å². The first-order valence-electron chi connectivity index (χ1n) is 7.34. The van der Waals surface area contributed by atoms with Crippen molar-refractivity contribution >= 4 is 11.9 Å². The molecule has 1 N–H and O–H groups in total. The van der Waals surface area contributed by atoms with Crippen LogP contribution in [0.2, 0.25) is 0 Å². The Morgan fingerprint density at radius 3 is 2.90 bits per heavy atom. The highest BCUT2D eigenvalue weighted by Gasteiger charge is 2.14. The van der Waals surface area contributed by atoms with Crippen molar-refractivity contribution < 1.29 is 23.8 Å². The largest absolute Gasteiger partial charge is 0.466 e. The monoisotopic (exact) mass is 287 g/mol. The summed E-state index contributed by atoms with van der Waals surface area (Å²) in [6.07, 6.45) is 3.51. The van der Waals surface area contributed by atoms with E-state index in [4.69, 9.17) is 14.2 Å². The molecule has 0 radical (unpaired) electrons. The number of carbonyl (C=O) groups is 2. The van der Waals surface area contributed by atoms with Gasteiger partial charge in [0.05, 0.1) is 25.7 Å². The van der Waals surface area contributed by atoms with Gasteiger partial charge in [0, 0.05) is 26.2 Å². The third-order valence-electron chi connectivity index (χ3n) is 2.98. The SMILES string of the molecule is CCOC(=O)CCC(=O)NCCCOCC1CCCO1. The van der Waals surface area contributed by atoms with Gasteiger partial charge in [0.25, 0.3) is 0 Å². The smallest absolute Gasteiger partial charge is 0.306 e. The van der Waals surface area contributed by atoms with Crippen molar-refractivity contribution in [3.8, 4) is 0 Å². The second kappa shape index (κ2) is 10.6. The highest BCUT2D eigenvalue weighted by molar-refractivity contribution is 5.81. The minimum atomic E-state index is -0.331. The van der Waals surface area contributed by atoms with Crippen LogP contribution in [0.4, 0.5) is 0 Å². The van der Waals surface area contributed by atoms with Gasteiger partial charge in [-0.25, -0.2) is 0 Å². The molecule has 1 saturated heterocycles. The van der Waals surface area contributed by atoms with Gasteiger partial charge >= 0.3 is 5.97 Å². The average molecular weight is 287 g/mol. The summed E-state index contributed by atoms with van der Waals surface area (Å²) < 4.78 is 15.7. The van der Waals surface area contributed by atoms with Gasteiger partial charge in [-0.2, -0.15) is 0 Å². The Bertz CT molecular complexity index is 289. The number of hydrogen-bond donors (Lipinski definition) is 1. The zero-order valence-electron chi connectivity index (χ0n) is 12.2. The fraction of sp³-hybridized carbons (Fsp3) is 0.857. The van der Waals surface area contributed by atoms with Gasteiger partial charge in [-0.1, -0.05) is 0 Å². The lowest BCUT2D eigenvalue weighted by molar-refractivity contribution is -0.144. The fourth-order valence-corrected chi connectivity index (χ4v) is 1.93. The van der Waals surface area contributed by atoms with E-state index in [0.29, 0.717) is 26.4 Å². The van der Waals surface area contributed by atoms with Gasteiger partial charge in [-0.15, -0.1) is 0 Å². The van der Waals surface area contributed by atoms with Crippen LogP contribution in [0.15, 0.2) is 0 Å². The van der Waals surface area contributed by atoms with Crippen molar-refractivity contribution in [2.45, 2.75) is 45.1 Å². The predicted molar refractivity (Wildman–Crippen MR) is 73.3 cm³/mol. The van der Waals surface area contributed by atoms with Crippen LogP contribution >= 0.6 is 0 Å². The number of rotatable bonds is 10. The fourth-order valence-electron chi connectivity index (χ4n) is 1.93. The van der Waals surface area contributed by atoms with Gasteiger partial charge in [-0.3, -0.25) is 9.59 Å². The maximum atomic E-state index is 11.4. The summed E-state index contributed by atoms with van der Waals surface area (Å²) in [7, 11) is 0. The second-order valence-corrected chi connectivity index (χ2v) is 4.72. The first-order chi connectivity index (χ1) is 9.72. The average Bonchev–Trinajstić information content (AvgIpc) is 2.94. The third kappa shape index (κ3) is 8.12. The first kappa shape index (κ1) is 16.9. The van der Waals surface area contributed by atoms with E-state index in [2.05, 4.69) is 5.32 Å². The topological polar surface area (TPSA) is 73.9 Å². The van der Waals surface area contributed by atoms with Crippen molar-refractivity contribution in [1.82, 2.24) is 5.32 Å². The van der Waals surface area contributed by atoms with E-state index in [1.165, 1.54) is 0 Å². The first-order valence-corrected chi connectivity index (χ1v) is 7.34. The van der Waals surface area contributed by atoms with Gasteiger partial charge in [0.1, 0.15) is 0 Å². The molecule has 0 saturated carbocycles. The molecule has 0 aromatic carbocycles. The van der Waals surface area contributed by atoms with E-state index in [9.17, 15) is 9.59 Å². The van der Waals surface area contributed by atoms with Crippen LogP contribution in [-0.2, 0) is 23.8 Å². The normalized spacial score (nSPS) is 17.9. The Morgan fingerprint density at radius 2 is 2.20 bits per heavy atom. The molecular weight excluding hydrogens is 262 g/mol. The summed E-state index contributed by atoms with van der Waals surface area (Å²) >= 11 is 0. The van der Waals surface area contributed by atoms with E-state index in [-0.39, 0.29) is 30.8 Å². The van der Waals surface area contributed by atoms with E-state index in [0.717, 1.165) is 25.9 Å². The molecule has 1 rings (SSSR count). The predicted octanol–water partition coefficient (Wildman–Crippen LogP) is 1.03. The molecule has 0 aromatic rings.